The summed E-state index contributed by atoms with van der Waals surface area (Å²) in [5.41, 5.74) is 2.10. The monoisotopic (exact) mass is 288 g/mol. The summed E-state index contributed by atoms with van der Waals surface area (Å²) in [5, 5.41) is 0. The Morgan fingerprint density at radius 1 is 1.10 bits per heavy atom. The van der Waals surface area contributed by atoms with Crippen molar-refractivity contribution < 1.29 is 4.74 Å². The molecule has 21 heavy (non-hydrogen) atoms. The highest BCUT2D eigenvalue weighted by Gasteiger charge is 2.29. The summed E-state index contributed by atoms with van der Waals surface area (Å²) in [7, 11) is 0. The molecule has 1 aliphatic rings. The van der Waals surface area contributed by atoms with E-state index < -0.39 is 0 Å². The van der Waals surface area contributed by atoms with Crippen LogP contribution >= 0.6 is 0 Å². The average molecular weight is 288 g/mol. The first-order chi connectivity index (χ1) is 10.1. The van der Waals surface area contributed by atoms with Gasteiger partial charge in [-0.15, -0.1) is 0 Å². The zero-order valence-electron chi connectivity index (χ0n) is 14.2. The predicted molar refractivity (Wildman–Crippen MR) is 90.9 cm³/mol. The lowest BCUT2D eigenvalue weighted by atomic mass is 9.68. The van der Waals surface area contributed by atoms with E-state index in [2.05, 4.69) is 38.1 Å². The highest BCUT2D eigenvalue weighted by Crippen LogP contribution is 2.43. The lowest BCUT2D eigenvalue weighted by Gasteiger charge is -2.37. The summed E-state index contributed by atoms with van der Waals surface area (Å²) in [6.45, 7) is 7.60. The molecule has 0 N–H and O–H groups in total. The first-order valence-electron chi connectivity index (χ1n) is 8.87. The third-order valence-electron chi connectivity index (χ3n) is 5.24. The number of benzene rings is 1. The quantitative estimate of drug-likeness (QED) is 0.596. The lowest BCUT2D eigenvalue weighted by molar-refractivity contribution is 0.151. The van der Waals surface area contributed by atoms with E-state index in [1.54, 1.807) is 0 Å². The van der Waals surface area contributed by atoms with Crippen LogP contribution in [-0.4, -0.2) is 6.61 Å². The van der Waals surface area contributed by atoms with Gasteiger partial charge in [0.1, 0.15) is 5.75 Å². The van der Waals surface area contributed by atoms with Crippen molar-refractivity contribution in [3.05, 3.63) is 29.8 Å². The molecule has 1 saturated carbocycles. The molecule has 1 aromatic carbocycles. The van der Waals surface area contributed by atoms with Crippen molar-refractivity contribution >= 4 is 0 Å². The zero-order chi connectivity index (χ0) is 15.1. The Kier molecular flexibility index (Phi) is 6.14. The number of rotatable bonds is 7. The van der Waals surface area contributed by atoms with Gasteiger partial charge in [-0.25, -0.2) is 0 Å². The van der Waals surface area contributed by atoms with Gasteiger partial charge in [0, 0.05) is 0 Å². The van der Waals surface area contributed by atoms with Gasteiger partial charge in [0.15, 0.2) is 0 Å². The Labute approximate surface area is 131 Å². The van der Waals surface area contributed by atoms with Gasteiger partial charge in [0.05, 0.1) is 6.61 Å². The van der Waals surface area contributed by atoms with E-state index in [4.69, 9.17) is 4.74 Å². The molecule has 1 fully saturated rings. The van der Waals surface area contributed by atoms with Gasteiger partial charge in [-0.05, 0) is 80.9 Å². The molecule has 0 heterocycles. The fraction of sp³-hybridized carbons (Fsp3) is 0.700. The van der Waals surface area contributed by atoms with Crippen molar-refractivity contribution in [1.82, 2.24) is 0 Å². The molecule has 0 amide bonds. The number of hydrogen-bond acceptors (Lipinski definition) is 1. The van der Waals surface area contributed by atoms with Crippen LogP contribution in [0.1, 0.15) is 71.3 Å². The second-order valence-corrected chi connectivity index (χ2v) is 7.12. The van der Waals surface area contributed by atoms with Crippen LogP contribution in [0.2, 0.25) is 0 Å². The molecule has 1 aliphatic carbocycles. The number of aryl methyl sites for hydroxylation is 1. The molecule has 0 bridgehead atoms. The summed E-state index contributed by atoms with van der Waals surface area (Å²) in [4.78, 5) is 0. The molecule has 0 atom stereocenters. The van der Waals surface area contributed by atoms with Crippen LogP contribution in [0.3, 0.4) is 0 Å². The van der Waals surface area contributed by atoms with Crippen LogP contribution in [-0.2, 0) is 6.42 Å². The maximum Gasteiger partial charge on any atom is 0.119 e. The van der Waals surface area contributed by atoms with E-state index in [1.807, 2.05) is 6.92 Å². The maximum atomic E-state index is 5.50. The smallest absolute Gasteiger partial charge is 0.119 e. The number of hydrogen-bond donors (Lipinski definition) is 0. The normalized spacial score (nSPS) is 25.8. The van der Waals surface area contributed by atoms with Gasteiger partial charge in [-0.2, -0.15) is 0 Å². The first kappa shape index (κ1) is 16.4. The van der Waals surface area contributed by atoms with Crippen LogP contribution in [0.25, 0.3) is 0 Å². The minimum Gasteiger partial charge on any atom is -0.494 e. The molecule has 118 valence electrons. The zero-order valence-corrected chi connectivity index (χ0v) is 14.2. The minimum absolute atomic E-state index is 0.643. The van der Waals surface area contributed by atoms with E-state index in [1.165, 1.54) is 56.9 Å². The summed E-state index contributed by atoms with van der Waals surface area (Å²) in [6.07, 6.45) is 11.1. The van der Waals surface area contributed by atoms with Gasteiger partial charge in [-0.3, -0.25) is 0 Å². The Morgan fingerprint density at radius 3 is 2.33 bits per heavy atom. The topological polar surface area (TPSA) is 9.23 Å². The van der Waals surface area contributed by atoms with Gasteiger partial charge in [0.25, 0.3) is 0 Å². The Hall–Kier alpha value is -0.980. The Balaban J connectivity index is 1.74. The van der Waals surface area contributed by atoms with Gasteiger partial charge >= 0.3 is 0 Å². The van der Waals surface area contributed by atoms with Crippen molar-refractivity contribution in [2.24, 2.45) is 11.3 Å². The summed E-state index contributed by atoms with van der Waals surface area (Å²) in [6, 6.07) is 8.68. The van der Waals surface area contributed by atoms with Crippen molar-refractivity contribution in [3.8, 4) is 5.75 Å². The van der Waals surface area contributed by atoms with Crippen molar-refractivity contribution in [2.45, 2.75) is 72.1 Å². The molecule has 0 radical (unpaired) electrons. The lowest BCUT2D eigenvalue weighted by Crippen LogP contribution is -2.24. The van der Waals surface area contributed by atoms with E-state index in [-0.39, 0.29) is 0 Å². The minimum atomic E-state index is 0.643. The van der Waals surface area contributed by atoms with E-state index in [9.17, 15) is 0 Å². The highest BCUT2D eigenvalue weighted by molar-refractivity contribution is 5.27. The number of ether oxygens (including phenoxy) is 1. The molecule has 1 heteroatoms. The predicted octanol–water partition coefficient (Wildman–Crippen LogP) is 6.01. The van der Waals surface area contributed by atoms with E-state index >= 15 is 0 Å². The van der Waals surface area contributed by atoms with Crippen molar-refractivity contribution in [1.29, 1.82) is 0 Å². The second-order valence-electron chi connectivity index (χ2n) is 7.12. The van der Waals surface area contributed by atoms with Crippen LogP contribution in [0, 0.1) is 11.3 Å². The summed E-state index contributed by atoms with van der Waals surface area (Å²) in [5.74, 6) is 1.94. The SMILES string of the molecule is CCCC1(C)CCC(CCc2ccc(OCC)cc2)CC1. The van der Waals surface area contributed by atoms with Gasteiger partial charge < -0.3 is 4.74 Å². The molecule has 0 aliphatic heterocycles. The Bertz CT molecular complexity index is 398. The standard InChI is InChI=1S/C20H32O/c1-4-14-20(3)15-12-18(13-16-20)7-6-17-8-10-19(11-9-17)21-5-2/h8-11,18H,4-7,12-16H2,1-3H3. The largest absolute Gasteiger partial charge is 0.494 e. The van der Waals surface area contributed by atoms with Gasteiger partial charge in [0.2, 0.25) is 0 Å². The Morgan fingerprint density at radius 2 is 1.76 bits per heavy atom. The summed E-state index contributed by atoms with van der Waals surface area (Å²) < 4.78 is 5.50. The van der Waals surface area contributed by atoms with E-state index in [0.717, 1.165) is 18.3 Å². The molecule has 0 spiro atoms. The first-order valence-corrected chi connectivity index (χ1v) is 8.87. The molecule has 2 rings (SSSR count). The van der Waals surface area contributed by atoms with Crippen LogP contribution < -0.4 is 4.74 Å². The maximum absolute atomic E-state index is 5.50. The molecule has 0 aromatic heterocycles. The molecule has 1 nitrogen and oxygen atoms in total. The third kappa shape index (κ3) is 5.05. The fourth-order valence-electron chi connectivity index (χ4n) is 3.81. The van der Waals surface area contributed by atoms with E-state index in [0.29, 0.717) is 5.41 Å². The van der Waals surface area contributed by atoms with Gasteiger partial charge in [-0.1, -0.05) is 32.4 Å². The molecule has 1 aromatic rings. The summed E-state index contributed by atoms with van der Waals surface area (Å²) >= 11 is 0. The molecular weight excluding hydrogens is 256 g/mol. The molecular formula is C20H32O. The highest BCUT2D eigenvalue weighted by atomic mass is 16.5. The third-order valence-corrected chi connectivity index (χ3v) is 5.24. The van der Waals surface area contributed by atoms with Crippen LogP contribution in [0.4, 0.5) is 0 Å². The second kappa shape index (κ2) is 7.87. The van der Waals surface area contributed by atoms with Crippen LogP contribution in [0.5, 0.6) is 5.75 Å². The van der Waals surface area contributed by atoms with Crippen LogP contribution in [0.15, 0.2) is 24.3 Å². The average Bonchev–Trinajstić information content (AvgIpc) is 2.49. The molecule has 0 saturated heterocycles. The molecule has 0 unspecified atom stereocenters. The van der Waals surface area contributed by atoms with Crippen molar-refractivity contribution in [3.63, 3.8) is 0 Å². The van der Waals surface area contributed by atoms with Crippen molar-refractivity contribution in [2.75, 3.05) is 6.61 Å². The fourth-order valence-corrected chi connectivity index (χ4v) is 3.81.